The van der Waals surface area contributed by atoms with Crippen LogP contribution in [-0.2, 0) is 13.6 Å². The molecular weight excluding hydrogens is 444 g/mol. The van der Waals surface area contributed by atoms with Crippen molar-refractivity contribution in [2.75, 3.05) is 0 Å². The first kappa shape index (κ1) is 22.5. The van der Waals surface area contributed by atoms with E-state index in [1.54, 1.807) is 0 Å². The topological polar surface area (TPSA) is 52.0 Å². The maximum Gasteiger partial charge on any atom is 0.187 e. The summed E-state index contributed by atoms with van der Waals surface area (Å²) in [7, 11) is 1.96. The van der Waals surface area contributed by atoms with Gasteiger partial charge in [0.25, 0.3) is 0 Å². The van der Waals surface area contributed by atoms with E-state index in [1.807, 2.05) is 48.4 Å². The zero-order valence-corrected chi connectivity index (χ0v) is 20.9. The molecule has 36 heavy (non-hydrogen) atoms. The summed E-state index contributed by atoms with van der Waals surface area (Å²) in [5, 5.41) is 10.4. The lowest BCUT2D eigenvalue weighted by molar-refractivity contribution is 0.242. The van der Waals surface area contributed by atoms with Gasteiger partial charge in [-0.1, -0.05) is 30.3 Å². The molecule has 0 aliphatic carbocycles. The van der Waals surface area contributed by atoms with E-state index in [2.05, 4.69) is 64.1 Å². The van der Waals surface area contributed by atoms with Crippen molar-refractivity contribution in [1.29, 1.82) is 0 Å². The second-order valence-electron chi connectivity index (χ2n) is 10.3. The van der Waals surface area contributed by atoms with Crippen molar-refractivity contribution in [1.82, 2.24) is 24.6 Å². The Balaban J connectivity index is 1.49. The maximum absolute atomic E-state index is 7.36. The number of piperidine rings is 1. The number of hydrogen-bond donors (Lipinski definition) is 1. The van der Waals surface area contributed by atoms with E-state index in [0.717, 1.165) is 45.3 Å². The Bertz CT molecular complexity index is 1590. The van der Waals surface area contributed by atoms with E-state index < -0.39 is 0 Å². The van der Waals surface area contributed by atoms with E-state index in [0.29, 0.717) is 23.7 Å². The van der Waals surface area contributed by atoms with Crippen LogP contribution >= 0.6 is 0 Å². The molecule has 1 saturated heterocycles. The fourth-order valence-electron chi connectivity index (χ4n) is 5.99. The molecule has 1 aliphatic heterocycles. The van der Waals surface area contributed by atoms with Gasteiger partial charge in [0.15, 0.2) is 5.69 Å². The van der Waals surface area contributed by atoms with Crippen LogP contribution in [0.25, 0.3) is 49.0 Å². The van der Waals surface area contributed by atoms with Crippen LogP contribution in [0.2, 0.25) is 0 Å². The zero-order valence-electron chi connectivity index (χ0n) is 20.9. The van der Waals surface area contributed by atoms with Gasteiger partial charge in [0.2, 0.25) is 0 Å². The van der Waals surface area contributed by atoms with Gasteiger partial charge in [0, 0.05) is 53.8 Å². The average Bonchev–Trinajstić information content (AvgIpc) is 3.46. The van der Waals surface area contributed by atoms with Crippen LogP contribution in [0.5, 0.6) is 0 Å². The summed E-state index contributed by atoms with van der Waals surface area (Å²) >= 11 is 0. The normalized spacial score (nSPS) is 20.1. The highest BCUT2D eigenvalue weighted by Crippen LogP contribution is 2.39. The third kappa shape index (κ3) is 3.96. The minimum absolute atomic E-state index is 0.546. The van der Waals surface area contributed by atoms with E-state index in [-0.39, 0.29) is 0 Å². The number of hydrogen-bond acceptors (Lipinski definition) is 3. The molecule has 0 bridgehead atoms. The van der Waals surface area contributed by atoms with Crippen LogP contribution in [0, 0.1) is 12.5 Å². The summed E-state index contributed by atoms with van der Waals surface area (Å²) in [6.45, 7) is 12.9. The number of pyridine rings is 1. The average molecular weight is 475 g/mol. The van der Waals surface area contributed by atoms with E-state index in [1.165, 1.54) is 18.2 Å². The molecule has 4 heterocycles. The molecule has 0 radical (unpaired) electrons. The second kappa shape index (κ2) is 8.92. The number of rotatable bonds is 4. The monoisotopic (exact) mass is 474 g/mol. The first-order chi connectivity index (χ1) is 17.5. The maximum atomic E-state index is 7.36. The number of nitrogens with one attached hydrogen (secondary N) is 1. The van der Waals surface area contributed by atoms with E-state index in [9.17, 15) is 0 Å². The van der Waals surface area contributed by atoms with E-state index in [4.69, 9.17) is 11.6 Å². The summed E-state index contributed by atoms with van der Waals surface area (Å²) in [6.07, 6.45) is 8.52. The Morgan fingerprint density at radius 1 is 0.972 bits per heavy atom. The van der Waals surface area contributed by atoms with Gasteiger partial charge in [-0.25, -0.2) is 4.85 Å². The smallest absolute Gasteiger partial charge is 0.187 e. The van der Waals surface area contributed by atoms with Crippen LogP contribution in [0.3, 0.4) is 0 Å². The Labute approximate surface area is 211 Å². The number of aryl methyl sites for hydroxylation is 1. The van der Waals surface area contributed by atoms with Gasteiger partial charge in [-0.15, -0.1) is 0 Å². The molecule has 0 amide bonds. The van der Waals surface area contributed by atoms with Gasteiger partial charge < -0.3 is 9.88 Å². The first-order valence-corrected chi connectivity index (χ1v) is 12.6. The van der Waals surface area contributed by atoms with Crippen LogP contribution in [0.1, 0.15) is 26.7 Å². The molecule has 5 aromatic rings. The van der Waals surface area contributed by atoms with Crippen molar-refractivity contribution in [2.24, 2.45) is 13.0 Å². The summed E-state index contributed by atoms with van der Waals surface area (Å²) < 4.78 is 4.27. The van der Waals surface area contributed by atoms with Gasteiger partial charge in [-0.2, -0.15) is 5.10 Å². The summed E-state index contributed by atoms with van der Waals surface area (Å²) in [6, 6.07) is 17.6. The Morgan fingerprint density at radius 3 is 2.47 bits per heavy atom. The summed E-state index contributed by atoms with van der Waals surface area (Å²) in [5.41, 5.74) is 7.09. The van der Waals surface area contributed by atoms with Gasteiger partial charge in [0.05, 0.1) is 35.7 Å². The lowest BCUT2D eigenvalue weighted by Crippen LogP contribution is -2.43. The fourth-order valence-corrected chi connectivity index (χ4v) is 5.99. The van der Waals surface area contributed by atoms with Crippen LogP contribution in [0.4, 0.5) is 5.69 Å². The highest BCUT2D eigenvalue weighted by atomic mass is 15.2. The molecule has 0 spiro atoms. The molecule has 2 aromatic carbocycles. The molecule has 6 heteroatoms. The Morgan fingerprint density at radius 2 is 1.72 bits per heavy atom. The number of nitrogens with zero attached hydrogens (tertiary/aromatic N) is 5. The number of benzene rings is 2. The van der Waals surface area contributed by atoms with Gasteiger partial charge in [-0.05, 0) is 56.4 Å². The predicted molar refractivity (Wildman–Crippen MR) is 146 cm³/mol. The second-order valence-corrected chi connectivity index (χ2v) is 10.3. The first-order valence-electron chi connectivity index (χ1n) is 12.6. The summed E-state index contributed by atoms with van der Waals surface area (Å²) in [5.74, 6) is 0.640. The van der Waals surface area contributed by atoms with Crippen molar-refractivity contribution >= 4 is 27.5 Å². The van der Waals surface area contributed by atoms with Crippen molar-refractivity contribution in [3.05, 3.63) is 78.5 Å². The largest absolute Gasteiger partial charge is 0.346 e. The van der Waals surface area contributed by atoms with Gasteiger partial charge in [0.1, 0.15) is 0 Å². The molecule has 1 fully saturated rings. The Kier molecular flexibility index (Phi) is 5.58. The quantitative estimate of drug-likeness (QED) is 0.299. The molecule has 2 unspecified atom stereocenters. The third-order valence-electron chi connectivity index (χ3n) is 7.53. The van der Waals surface area contributed by atoms with Gasteiger partial charge >= 0.3 is 0 Å². The standard InChI is InChI=1S/C30H30N6/c1-19-13-21(14-20(2)34-19)18-36-12-11-26-28(36)17-32-30(29(26)22-5-8-25(31-3)9-6-22)23-7-10-27-24(15-23)16-33-35(27)4/h5-12,15-17,19-21,34H,13-14,18H2,1-2,4H3. The highest BCUT2D eigenvalue weighted by Gasteiger charge is 2.24. The molecule has 0 saturated carbocycles. The van der Waals surface area contributed by atoms with Crippen molar-refractivity contribution in [3.8, 4) is 22.4 Å². The van der Waals surface area contributed by atoms with E-state index >= 15 is 0 Å². The minimum Gasteiger partial charge on any atom is -0.346 e. The SMILES string of the molecule is [C-]#[N+]c1ccc(-c2c(-c3ccc4c(cnn4C)c3)ncc3c2ccn3CC2CC(C)NC(C)C2)cc1. The van der Waals surface area contributed by atoms with Crippen LogP contribution in [0.15, 0.2) is 67.1 Å². The molecule has 1 N–H and O–H groups in total. The third-order valence-corrected chi connectivity index (χ3v) is 7.53. The molecule has 6 nitrogen and oxygen atoms in total. The van der Waals surface area contributed by atoms with Crippen molar-refractivity contribution < 1.29 is 0 Å². The molecule has 3 aromatic heterocycles. The number of aromatic nitrogens is 4. The van der Waals surface area contributed by atoms with Crippen LogP contribution in [-0.4, -0.2) is 31.4 Å². The Hall–Kier alpha value is -3.95. The van der Waals surface area contributed by atoms with Gasteiger partial charge in [-0.3, -0.25) is 9.67 Å². The zero-order chi connectivity index (χ0) is 24.8. The minimum atomic E-state index is 0.546. The fraction of sp³-hybridized carbons (Fsp3) is 0.300. The highest BCUT2D eigenvalue weighted by molar-refractivity contribution is 6.02. The number of fused-ring (bicyclic) bond motifs is 2. The van der Waals surface area contributed by atoms with Crippen molar-refractivity contribution in [2.45, 2.75) is 45.3 Å². The molecule has 2 atom stereocenters. The lowest BCUT2D eigenvalue weighted by Gasteiger charge is -2.33. The summed E-state index contributed by atoms with van der Waals surface area (Å²) in [4.78, 5) is 8.63. The van der Waals surface area contributed by atoms with Crippen molar-refractivity contribution in [3.63, 3.8) is 0 Å². The molecule has 6 rings (SSSR count). The lowest BCUT2D eigenvalue weighted by atomic mass is 9.89. The predicted octanol–water partition coefficient (Wildman–Crippen LogP) is 6.58. The van der Waals surface area contributed by atoms with Crippen LogP contribution < -0.4 is 5.32 Å². The molecule has 180 valence electrons. The molecular formula is C30H30N6. The molecule has 1 aliphatic rings.